The summed E-state index contributed by atoms with van der Waals surface area (Å²) in [6.45, 7) is 4.95. The highest BCUT2D eigenvalue weighted by Gasteiger charge is 2.15. The van der Waals surface area contributed by atoms with Crippen LogP contribution in [0.1, 0.15) is 16.8 Å². The Kier molecular flexibility index (Phi) is 3.94. The van der Waals surface area contributed by atoms with E-state index >= 15 is 0 Å². The first kappa shape index (κ1) is 15.1. The van der Waals surface area contributed by atoms with Gasteiger partial charge in [0.05, 0.1) is 11.4 Å². The fraction of sp³-hybridized carbons (Fsp3) is 0.278. The van der Waals surface area contributed by atoms with Gasteiger partial charge in [-0.1, -0.05) is 17.7 Å². The number of aromatic nitrogens is 2. The van der Waals surface area contributed by atoms with Gasteiger partial charge >= 0.3 is 0 Å². The Bertz CT molecular complexity index is 834. The lowest BCUT2D eigenvalue weighted by Gasteiger charge is -2.12. The standard InChI is InChI=1S/C18H20ClN3/c1-12-7-8-22-16(11-21(3)4)18(20-17(22)9-12)14-5-6-15(19)13(2)10-14/h5-10H,11H2,1-4H3. The molecule has 0 bridgehead atoms. The van der Waals surface area contributed by atoms with Gasteiger partial charge < -0.3 is 9.30 Å². The van der Waals surface area contributed by atoms with Crippen molar-refractivity contribution in [1.29, 1.82) is 0 Å². The molecule has 0 atom stereocenters. The number of benzene rings is 1. The van der Waals surface area contributed by atoms with E-state index in [2.05, 4.69) is 54.7 Å². The summed E-state index contributed by atoms with van der Waals surface area (Å²) in [6, 6.07) is 10.3. The van der Waals surface area contributed by atoms with E-state index in [0.29, 0.717) is 0 Å². The molecule has 4 heteroatoms. The molecule has 0 radical (unpaired) electrons. The molecule has 3 aromatic rings. The average molecular weight is 314 g/mol. The van der Waals surface area contributed by atoms with Gasteiger partial charge in [-0.3, -0.25) is 0 Å². The molecule has 0 saturated carbocycles. The molecule has 1 aromatic carbocycles. The van der Waals surface area contributed by atoms with Crippen LogP contribution in [0.3, 0.4) is 0 Å². The van der Waals surface area contributed by atoms with E-state index in [0.717, 1.165) is 34.0 Å². The number of nitrogens with zero attached hydrogens (tertiary/aromatic N) is 3. The molecule has 3 rings (SSSR count). The Hall–Kier alpha value is -1.84. The molecule has 0 aliphatic heterocycles. The zero-order valence-corrected chi connectivity index (χ0v) is 14.1. The van der Waals surface area contributed by atoms with Crippen LogP contribution in [0.2, 0.25) is 5.02 Å². The maximum Gasteiger partial charge on any atom is 0.137 e. The molecule has 2 aromatic heterocycles. The van der Waals surface area contributed by atoms with Gasteiger partial charge in [0.15, 0.2) is 0 Å². The van der Waals surface area contributed by atoms with Gasteiger partial charge in [-0.2, -0.15) is 0 Å². The van der Waals surface area contributed by atoms with Crippen LogP contribution >= 0.6 is 11.6 Å². The van der Waals surface area contributed by atoms with Gasteiger partial charge in [-0.15, -0.1) is 0 Å². The summed E-state index contributed by atoms with van der Waals surface area (Å²) in [4.78, 5) is 7.02. The van der Waals surface area contributed by atoms with Crippen molar-refractivity contribution in [2.75, 3.05) is 14.1 Å². The van der Waals surface area contributed by atoms with Crippen molar-refractivity contribution < 1.29 is 0 Å². The summed E-state index contributed by atoms with van der Waals surface area (Å²) < 4.78 is 2.17. The van der Waals surface area contributed by atoms with Crippen molar-refractivity contribution in [3.05, 3.63) is 58.4 Å². The minimum absolute atomic E-state index is 0.789. The fourth-order valence-corrected chi connectivity index (χ4v) is 2.79. The number of halogens is 1. The van der Waals surface area contributed by atoms with Crippen LogP contribution < -0.4 is 0 Å². The Morgan fingerprint density at radius 2 is 1.91 bits per heavy atom. The molecule has 22 heavy (non-hydrogen) atoms. The van der Waals surface area contributed by atoms with E-state index in [1.165, 1.54) is 11.3 Å². The predicted octanol–water partition coefficient (Wildman–Crippen LogP) is 4.33. The smallest absolute Gasteiger partial charge is 0.137 e. The van der Waals surface area contributed by atoms with Crippen LogP contribution in [0.4, 0.5) is 0 Å². The third-order valence-electron chi connectivity index (χ3n) is 3.78. The van der Waals surface area contributed by atoms with Crippen LogP contribution in [-0.2, 0) is 6.54 Å². The summed E-state index contributed by atoms with van der Waals surface area (Å²) in [5.41, 5.74) is 6.61. The quantitative estimate of drug-likeness (QED) is 0.717. The molecule has 2 heterocycles. The first-order valence-electron chi connectivity index (χ1n) is 7.34. The zero-order valence-electron chi connectivity index (χ0n) is 13.4. The lowest BCUT2D eigenvalue weighted by atomic mass is 10.1. The van der Waals surface area contributed by atoms with Gasteiger partial charge in [0, 0.05) is 23.3 Å². The molecule has 0 aliphatic rings. The molecule has 0 saturated heterocycles. The lowest BCUT2D eigenvalue weighted by Crippen LogP contribution is -2.13. The minimum Gasteiger partial charge on any atom is -0.304 e. The van der Waals surface area contributed by atoms with E-state index in [1.807, 2.05) is 19.1 Å². The van der Waals surface area contributed by atoms with Crippen LogP contribution in [0.15, 0.2) is 36.5 Å². The Labute approximate surface area is 136 Å². The van der Waals surface area contributed by atoms with E-state index in [4.69, 9.17) is 16.6 Å². The molecule has 0 fully saturated rings. The van der Waals surface area contributed by atoms with Crippen LogP contribution in [0.25, 0.3) is 16.9 Å². The van der Waals surface area contributed by atoms with Crippen LogP contribution in [-0.4, -0.2) is 28.4 Å². The van der Waals surface area contributed by atoms with Crippen molar-refractivity contribution >= 4 is 17.2 Å². The van der Waals surface area contributed by atoms with Crippen molar-refractivity contribution in [3.8, 4) is 11.3 Å². The maximum absolute atomic E-state index is 6.16. The van der Waals surface area contributed by atoms with E-state index in [-0.39, 0.29) is 0 Å². The first-order valence-corrected chi connectivity index (χ1v) is 7.72. The molecular formula is C18H20ClN3. The lowest BCUT2D eigenvalue weighted by molar-refractivity contribution is 0.396. The predicted molar refractivity (Wildman–Crippen MR) is 92.5 cm³/mol. The molecule has 0 spiro atoms. The number of imidazole rings is 1. The Morgan fingerprint density at radius 1 is 1.14 bits per heavy atom. The van der Waals surface area contributed by atoms with E-state index in [9.17, 15) is 0 Å². The SMILES string of the molecule is Cc1ccn2c(CN(C)C)c(-c3ccc(Cl)c(C)c3)nc2c1. The number of rotatable bonds is 3. The number of aryl methyl sites for hydroxylation is 2. The molecule has 3 nitrogen and oxygen atoms in total. The van der Waals surface area contributed by atoms with Crippen LogP contribution in [0.5, 0.6) is 0 Å². The normalized spacial score (nSPS) is 11.5. The first-order chi connectivity index (χ1) is 10.5. The van der Waals surface area contributed by atoms with Crippen LogP contribution in [0, 0.1) is 13.8 Å². The number of fused-ring (bicyclic) bond motifs is 1. The van der Waals surface area contributed by atoms with Crippen molar-refractivity contribution in [2.45, 2.75) is 20.4 Å². The Balaban J connectivity index is 2.24. The summed E-state index contributed by atoms with van der Waals surface area (Å²) in [7, 11) is 4.15. The highest BCUT2D eigenvalue weighted by atomic mass is 35.5. The third-order valence-corrected chi connectivity index (χ3v) is 4.20. The summed E-state index contributed by atoms with van der Waals surface area (Å²) in [5, 5.41) is 0.789. The van der Waals surface area contributed by atoms with Crippen molar-refractivity contribution in [1.82, 2.24) is 14.3 Å². The molecule has 0 aliphatic carbocycles. The topological polar surface area (TPSA) is 20.5 Å². The highest BCUT2D eigenvalue weighted by Crippen LogP contribution is 2.28. The van der Waals surface area contributed by atoms with Gasteiger partial charge in [0.1, 0.15) is 5.65 Å². The third kappa shape index (κ3) is 2.74. The second-order valence-electron chi connectivity index (χ2n) is 6.04. The van der Waals surface area contributed by atoms with Gasteiger partial charge in [-0.05, 0) is 63.3 Å². The Morgan fingerprint density at radius 3 is 2.59 bits per heavy atom. The fourth-order valence-electron chi connectivity index (χ4n) is 2.67. The van der Waals surface area contributed by atoms with Gasteiger partial charge in [-0.25, -0.2) is 4.98 Å². The number of pyridine rings is 1. The molecule has 0 unspecified atom stereocenters. The maximum atomic E-state index is 6.16. The zero-order chi connectivity index (χ0) is 15.9. The molecule has 0 amide bonds. The average Bonchev–Trinajstić information content (AvgIpc) is 2.79. The van der Waals surface area contributed by atoms with Crippen molar-refractivity contribution in [2.24, 2.45) is 0 Å². The number of hydrogen-bond acceptors (Lipinski definition) is 2. The van der Waals surface area contributed by atoms with Gasteiger partial charge in [0.25, 0.3) is 0 Å². The highest BCUT2D eigenvalue weighted by molar-refractivity contribution is 6.31. The molecule has 114 valence electrons. The van der Waals surface area contributed by atoms with Crippen molar-refractivity contribution in [3.63, 3.8) is 0 Å². The summed E-state index contributed by atoms with van der Waals surface area (Å²) in [5.74, 6) is 0. The summed E-state index contributed by atoms with van der Waals surface area (Å²) >= 11 is 6.16. The van der Waals surface area contributed by atoms with E-state index < -0.39 is 0 Å². The minimum atomic E-state index is 0.789. The monoisotopic (exact) mass is 313 g/mol. The second-order valence-corrected chi connectivity index (χ2v) is 6.45. The van der Waals surface area contributed by atoms with Gasteiger partial charge in [0.2, 0.25) is 0 Å². The number of hydrogen-bond donors (Lipinski definition) is 0. The molecule has 0 N–H and O–H groups in total. The van der Waals surface area contributed by atoms with E-state index in [1.54, 1.807) is 0 Å². The molecular weight excluding hydrogens is 294 g/mol. The second kappa shape index (κ2) is 5.75. The largest absolute Gasteiger partial charge is 0.304 e. The summed E-state index contributed by atoms with van der Waals surface area (Å²) in [6.07, 6.45) is 2.10.